The Balaban J connectivity index is 0.00000760. The molecule has 3 N–H and O–H groups in total. The number of carbonyl (C=O) groups is 1. The zero-order valence-electron chi connectivity index (χ0n) is 19.7. The van der Waals surface area contributed by atoms with Crippen molar-refractivity contribution in [3.05, 3.63) is 65.7 Å². The van der Waals surface area contributed by atoms with E-state index in [2.05, 4.69) is 25.7 Å². The first kappa shape index (κ1) is 33.8. The number of nitrogens with one attached hydrogen (secondary N) is 3. The summed E-state index contributed by atoms with van der Waals surface area (Å²) >= 11 is 9.61. The molecule has 0 unspecified atom stereocenters. The second kappa shape index (κ2) is 15.4. The van der Waals surface area contributed by atoms with Crippen molar-refractivity contribution in [3.8, 4) is 0 Å². The van der Waals surface area contributed by atoms with Crippen molar-refractivity contribution in [1.29, 1.82) is 0 Å². The summed E-state index contributed by atoms with van der Waals surface area (Å²) in [7, 11) is 0. The summed E-state index contributed by atoms with van der Waals surface area (Å²) in [5.41, 5.74) is 1.04. The van der Waals surface area contributed by atoms with E-state index in [-0.39, 0.29) is 34.4 Å². The molecule has 0 saturated heterocycles. The maximum atomic E-state index is 12.5. The van der Waals surface area contributed by atoms with Gasteiger partial charge in [-0.25, -0.2) is 0 Å². The van der Waals surface area contributed by atoms with Crippen LogP contribution in [0.25, 0.3) is 0 Å². The molecule has 0 heterocycles. The van der Waals surface area contributed by atoms with Gasteiger partial charge < -0.3 is 41.2 Å². The van der Waals surface area contributed by atoms with Crippen LogP contribution in [0.4, 0.5) is 32.0 Å². The van der Waals surface area contributed by atoms with E-state index in [0.29, 0.717) is 16.8 Å². The third kappa shape index (κ3) is 13.4. The van der Waals surface area contributed by atoms with E-state index in [4.69, 9.17) is 25.3 Å². The fraction of sp³-hybridized carbons (Fsp3) is 0.227. The molecule has 1 amide bonds. The number of amides is 1. The van der Waals surface area contributed by atoms with Gasteiger partial charge in [-0.1, -0.05) is 42.5 Å². The van der Waals surface area contributed by atoms with Gasteiger partial charge in [0.05, 0.1) is 0 Å². The first-order chi connectivity index (χ1) is 17.7. The Kier molecular flexibility index (Phi) is 13.3. The number of hydrogen-bond donors (Lipinski definition) is 3. The van der Waals surface area contributed by atoms with E-state index < -0.39 is 35.8 Å². The Bertz CT molecular complexity index is 1220. The molecule has 2 rings (SSSR count). The molecule has 213 valence electrons. The molecule has 17 heteroatoms. The summed E-state index contributed by atoms with van der Waals surface area (Å²) in [6.07, 6.45) is -9.11. The normalized spacial score (nSPS) is 13.4. The van der Waals surface area contributed by atoms with E-state index in [1.54, 1.807) is 30.3 Å². The second-order valence-corrected chi connectivity index (χ2v) is 8.04. The van der Waals surface area contributed by atoms with Crippen LogP contribution in [0, 0.1) is 0 Å². The predicted molar refractivity (Wildman–Crippen MR) is 138 cm³/mol. The monoisotopic (exact) mass is 638 g/mol. The van der Waals surface area contributed by atoms with Crippen LogP contribution >= 0.6 is 0 Å². The van der Waals surface area contributed by atoms with Crippen LogP contribution in [-0.2, 0) is 47.1 Å². The Labute approximate surface area is 240 Å². The minimum absolute atomic E-state index is 0. The molecule has 0 aliphatic heterocycles. The van der Waals surface area contributed by atoms with Crippen LogP contribution < -0.4 is 16.0 Å². The SMILES string of the molecule is CC(=O)Nc1ccc(C(=N\N=C(/[S-])NCC(F)(F)F)/C(=N/N=C(\[S-])NCC(F)(F)F)c2ccccc2)cc1.[Cu+2]. The first-order valence-corrected chi connectivity index (χ1v) is 11.3. The van der Waals surface area contributed by atoms with Crippen molar-refractivity contribution >= 4 is 58.6 Å². The van der Waals surface area contributed by atoms with E-state index in [9.17, 15) is 31.1 Å². The number of nitrogens with zero attached hydrogens (tertiary/aromatic N) is 4. The van der Waals surface area contributed by atoms with Gasteiger partial charge in [-0.05, 0) is 22.5 Å². The number of alkyl halides is 6. The maximum Gasteiger partial charge on any atom is 2.00 e. The number of amidine groups is 2. The van der Waals surface area contributed by atoms with E-state index >= 15 is 0 Å². The van der Waals surface area contributed by atoms with Gasteiger partial charge in [-0.3, -0.25) is 4.79 Å². The fourth-order valence-corrected chi connectivity index (χ4v) is 2.83. The van der Waals surface area contributed by atoms with Crippen LogP contribution in [0.15, 0.2) is 75.0 Å². The summed E-state index contributed by atoms with van der Waals surface area (Å²) in [6.45, 7) is -1.57. The molecule has 8 nitrogen and oxygen atoms in total. The summed E-state index contributed by atoms with van der Waals surface area (Å²) in [4.78, 5) is 11.3. The molecule has 0 aliphatic carbocycles. The number of hydrogen-bond acceptors (Lipinski definition) is 7. The van der Waals surface area contributed by atoms with Crippen molar-refractivity contribution in [2.24, 2.45) is 20.4 Å². The Morgan fingerprint density at radius 2 is 1.13 bits per heavy atom. The molecule has 0 bridgehead atoms. The summed E-state index contributed by atoms with van der Waals surface area (Å²) in [6, 6.07) is 14.2. The van der Waals surface area contributed by atoms with Crippen LogP contribution in [0.1, 0.15) is 18.1 Å². The van der Waals surface area contributed by atoms with Crippen molar-refractivity contribution in [2.75, 3.05) is 18.4 Å². The molecular weight excluding hydrogens is 620 g/mol. The third-order valence-corrected chi connectivity index (χ3v) is 4.56. The van der Waals surface area contributed by atoms with Crippen molar-refractivity contribution in [2.45, 2.75) is 19.3 Å². The Morgan fingerprint density at radius 3 is 1.51 bits per heavy atom. The van der Waals surface area contributed by atoms with Gasteiger partial charge in [0.2, 0.25) is 5.91 Å². The van der Waals surface area contributed by atoms with Crippen molar-refractivity contribution in [1.82, 2.24) is 10.6 Å². The van der Waals surface area contributed by atoms with Gasteiger partial charge in [0.15, 0.2) is 0 Å². The van der Waals surface area contributed by atoms with Gasteiger partial charge in [-0.2, -0.15) is 36.5 Å². The van der Waals surface area contributed by atoms with Crippen molar-refractivity contribution in [3.63, 3.8) is 0 Å². The zero-order valence-corrected chi connectivity index (χ0v) is 22.3. The quantitative estimate of drug-likeness (QED) is 0.102. The molecule has 39 heavy (non-hydrogen) atoms. The zero-order chi connectivity index (χ0) is 28.3. The number of benzene rings is 2. The first-order valence-electron chi connectivity index (χ1n) is 10.4. The average Bonchev–Trinajstić information content (AvgIpc) is 2.83. The second-order valence-electron chi connectivity index (χ2n) is 7.27. The fourth-order valence-electron chi connectivity index (χ4n) is 2.61. The van der Waals surface area contributed by atoms with Gasteiger partial charge >= 0.3 is 29.4 Å². The number of carbonyl (C=O) groups excluding carboxylic acids is 1. The van der Waals surface area contributed by atoms with Crippen LogP contribution in [0.5, 0.6) is 0 Å². The van der Waals surface area contributed by atoms with E-state index in [1.807, 2.05) is 10.6 Å². The van der Waals surface area contributed by atoms with Crippen LogP contribution in [-0.4, -0.2) is 53.1 Å². The minimum atomic E-state index is -4.56. The Morgan fingerprint density at radius 1 is 0.718 bits per heavy atom. The molecule has 0 aromatic heterocycles. The number of halogens is 6. The van der Waals surface area contributed by atoms with Crippen molar-refractivity contribution < 1.29 is 48.2 Å². The van der Waals surface area contributed by atoms with Crippen LogP contribution in [0.2, 0.25) is 0 Å². The number of anilines is 1. The maximum absolute atomic E-state index is 12.5. The predicted octanol–water partition coefficient (Wildman–Crippen LogP) is 3.86. The molecule has 2 aromatic carbocycles. The largest absolute Gasteiger partial charge is 2.00 e. The van der Waals surface area contributed by atoms with Crippen LogP contribution in [0.3, 0.4) is 0 Å². The Hall–Kier alpha value is -3.27. The van der Waals surface area contributed by atoms with Gasteiger partial charge in [0, 0.05) is 23.7 Å². The third-order valence-electron chi connectivity index (χ3n) is 4.11. The molecular formula is C22H19CuF6N7OS2. The van der Waals surface area contributed by atoms with Gasteiger partial charge in [0.25, 0.3) is 0 Å². The molecule has 0 fully saturated rings. The average molecular weight is 639 g/mol. The standard InChI is InChI=1S/C22H21F6N7OS2.Cu/c1-13(36)31-16-9-7-15(8-10-16)18(33-35-20(38)30-12-22(26,27)28)17(14-5-3-2-4-6-14)32-34-19(37)29-11-21(23,24)25;/h2-10H,11-12H2,1H3,(H,31,36)(H2,29,34,37)(H2,30,35,38);/q;+2/p-2/b32-17+,33-18+;. The minimum Gasteiger partial charge on any atom is -0.741 e. The smallest absolute Gasteiger partial charge is 0.741 e. The molecule has 0 atom stereocenters. The topological polar surface area (TPSA) is 103 Å². The summed E-state index contributed by atoms with van der Waals surface area (Å²) < 4.78 is 75.1. The van der Waals surface area contributed by atoms with Gasteiger partial charge in [0.1, 0.15) is 24.5 Å². The summed E-state index contributed by atoms with van der Waals surface area (Å²) in [5.74, 6) is -0.326. The van der Waals surface area contributed by atoms with E-state index in [1.165, 1.54) is 31.2 Å². The molecule has 0 aliphatic rings. The molecule has 0 saturated carbocycles. The van der Waals surface area contributed by atoms with Gasteiger partial charge in [-0.15, -0.1) is 10.2 Å². The summed E-state index contributed by atoms with van der Waals surface area (Å²) in [5, 5.41) is 20.4. The number of rotatable bonds is 8. The molecule has 1 radical (unpaired) electrons. The molecule has 0 spiro atoms. The van der Waals surface area contributed by atoms with E-state index in [0.717, 1.165) is 0 Å². The molecule has 2 aromatic rings.